The van der Waals surface area contributed by atoms with Gasteiger partial charge in [-0.3, -0.25) is 19.7 Å². The number of ketones is 1. The van der Waals surface area contributed by atoms with E-state index >= 15 is 0 Å². The van der Waals surface area contributed by atoms with Crippen molar-refractivity contribution in [2.45, 2.75) is 39.8 Å². The van der Waals surface area contributed by atoms with Gasteiger partial charge in [0.2, 0.25) is 11.8 Å². The minimum Gasteiger partial charge on any atom is -0.353 e. The van der Waals surface area contributed by atoms with E-state index in [9.17, 15) is 14.4 Å². The number of carbonyl (C=O) groups excluding carboxylic acids is 3. The lowest BCUT2D eigenvalue weighted by molar-refractivity contribution is -0.132. The molecule has 1 aromatic carbocycles. The monoisotopic (exact) mass is 338 g/mol. The van der Waals surface area contributed by atoms with Gasteiger partial charge in [0.1, 0.15) is 6.04 Å². The molecule has 0 saturated carbocycles. The predicted molar refractivity (Wildman–Crippen MR) is 94.9 cm³/mol. The van der Waals surface area contributed by atoms with Gasteiger partial charge in [0.15, 0.2) is 5.78 Å². The summed E-state index contributed by atoms with van der Waals surface area (Å²) < 4.78 is 0. The van der Waals surface area contributed by atoms with Crippen molar-refractivity contribution in [2.24, 2.45) is 17.3 Å². The molecule has 0 unspecified atom stereocenters. The number of fused-ring (bicyclic) bond motifs is 5. The summed E-state index contributed by atoms with van der Waals surface area (Å²) in [5.41, 5.74) is 2.49. The summed E-state index contributed by atoms with van der Waals surface area (Å²) in [7, 11) is 0. The number of hydrogen-bond acceptors (Lipinski definition) is 4. The molecule has 0 spiro atoms. The second-order valence-corrected chi connectivity index (χ2v) is 8.28. The number of amides is 2. The molecule has 4 atom stereocenters. The Balaban J connectivity index is 1.90. The molecule has 0 aromatic heterocycles. The Bertz CT molecular complexity index is 834. The van der Waals surface area contributed by atoms with Gasteiger partial charge in [0.25, 0.3) is 0 Å². The van der Waals surface area contributed by atoms with E-state index in [1.165, 1.54) is 0 Å². The molecule has 1 N–H and O–H groups in total. The quantitative estimate of drug-likeness (QED) is 0.796. The summed E-state index contributed by atoms with van der Waals surface area (Å²) in [6.07, 6.45) is 3.97. The average molecular weight is 338 g/mol. The van der Waals surface area contributed by atoms with Gasteiger partial charge >= 0.3 is 0 Å². The van der Waals surface area contributed by atoms with Gasteiger partial charge in [0, 0.05) is 11.1 Å². The van der Waals surface area contributed by atoms with Gasteiger partial charge in [-0.15, -0.1) is 0 Å². The van der Waals surface area contributed by atoms with Crippen molar-refractivity contribution in [3.05, 3.63) is 35.4 Å². The summed E-state index contributed by atoms with van der Waals surface area (Å²) in [4.78, 5) is 40.1. The van der Waals surface area contributed by atoms with Gasteiger partial charge < -0.3 is 4.90 Å². The Morgan fingerprint density at radius 1 is 1.12 bits per heavy atom. The maximum atomic E-state index is 13.2. The van der Waals surface area contributed by atoms with Crippen molar-refractivity contribution in [1.82, 2.24) is 5.32 Å². The molecule has 2 fully saturated rings. The second kappa shape index (κ2) is 5.04. The first-order valence-electron chi connectivity index (χ1n) is 8.66. The first-order chi connectivity index (χ1) is 11.7. The molecule has 3 heterocycles. The zero-order valence-corrected chi connectivity index (χ0v) is 14.9. The number of carbonyl (C=O) groups is 3. The lowest BCUT2D eigenvalue weighted by Gasteiger charge is -2.38. The highest BCUT2D eigenvalue weighted by atomic mass is 16.2. The largest absolute Gasteiger partial charge is 0.353 e. The number of anilines is 1. The molecule has 130 valence electrons. The van der Waals surface area contributed by atoms with Gasteiger partial charge in [-0.05, 0) is 24.6 Å². The summed E-state index contributed by atoms with van der Waals surface area (Å²) in [5.74, 6) is -1.73. The van der Waals surface area contributed by atoms with Crippen LogP contribution in [0.15, 0.2) is 24.3 Å². The maximum absolute atomic E-state index is 13.2. The second-order valence-electron chi connectivity index (χ2n) is 8.28. The van der Waals surface area contributed by atoms with E-state index in [-0.39, 0.29) is 23.6 Å². The highest BCUT2D eigenvalue weighted by Gasteiger charge is 2.62. The Morgan fingerprint density at radius 2 is 1.80 bits per heavy atom. The molecule has 3 aliphatic heterocycles. The molecule has 25 heavy (non-hydrogen) atoms. The molecule has 2 saturated heterocycles. The maximum Gasteiger partial charge on any atom is 0.233 e. The number of rotatable bonds is 1. The lowest BCUT2D eigenvalue weighted by atomic mass is 9.79. The van der Waals surface area contributed by atoms with E-state index in [0.29, 0.717) is 0 Å². The molecule has 0 radical (unpaired) electrons. The molecule has 5 nitrogen and oxygen atoms in total. The van der Waals surface area contributed by atoms with Gasteiger partial charge in [-0.2, -0.15) is 0 Å². The number of imide groups is 1. The van der Waals surface area contributed by atoms with Crippen LogP contribution in [0.2, 0.25) is 0 Å². The van der Waals surface area contributed by atoms with E-state index < -0.39 is 23.3 Å². The fourth-order valence-electron chi connectivity index (χ4n) is 4.35. The highest BCUT2D eigenvalue weighted by Crippen LogP contribution is 2.47. The van der Waals surface area contributed by atoms with Crippen LogP contribution in [-0.4, -0.2) is 29.7 Å². The smallest absolute Gasteiger partial charge is 0.233 e. The summed E-state index contributed by atoms with van der Waals surface area (Å²) in [6, 6.07) is 5.18. The molecule has 4 rings (SSSR count). The summed E-state index contributed by atoms with van der Waals surface area (Å²) in [6.45, 7) is 7.61. The highest BCUT2D eigenvalue weighted by molar-refractivity contribution is 6.11. The summed E-state index contributed by atoms with van der Waals surface area (Å²) in [5, 5.41) is 2.43. The zero-order valence-electron chi connectivity index (χ0n) is 14.9. The Morgan fingerprint density at radius 3 is 2.48 bits per heavy atom. The molecule has 0 bridgehead atoms. The zero-order chi connectivity index (χ0) is 18.1. The fraction of sp³-hybridized carbons (Fsp3) is 0.450. The van der Waals surface area contributed by atoms with Crippen molar-refractivity contribution in [3.63, 3.8) is 0 Å². The van der Waals surface area contributed by atoms with Crippen LogP contribution in [0.5, 0.6) is 0 Å². The number of aryl methyl sites for hydroxylation is 1. The van der Waals surface area contributed by atoms with Gasteiger partial charge in [0.05, 0.1) is 17.9 Å². The van der Waals surface area contributed by atoms with Crippen molar-refractivity contribution in [1.29, 1.82) is 0 Å². The number of nitrogens with one attached hydrogen (secondary N) is 1. The predicted octanol–water partition coefficient (Wildman–Crippen LogP) is 2.08. The van der Waals surface area contributed by atoms with E-state index in [1.54, 1.807) is 0 Å². The van der Waals surface area contributed by atoms with Crippen molar-refractivity contribution < 1.29 is 14.4 Å². The van der Waals surface area contributed by atoms with Crippen LogP contribution in [0.4, 0.5) is 5.69 Å². The number of hydrogen-bond donors (Lipinski definition) is 1. The molecule has 5 heteroatoms. The summed E-state index contributed by atoms with van der Waals surface area (Å²) >= 11 is 0. The minimum atomic E-state index is -0.624. The van der Waals surface area contributed by atoms with Crippen molar-refractivity contribution in [2.75, 3.05) is 4.90 Å². The van der Waals surface area contributed by atoms with Crippen LogP contribution in [0.25, 0.3) is 6.08 Å². The van der Waals surface area contributed by atoms with Crippen LogP contribution >= 0.6 is 0 Å². The van der Waals surface area contributed by atoms with Gasteiger partial charge in [-0.1, -0.05) is 44.6 Å². The third kappa shape index (κ3) is 2.18. The first kappa shape index (κ1) is 16.1. The third-order valence-corrected chi connectivity index (χ3v) is 5.51. The van der Waals surface area contributed by atoms with E-state index in [0.717, 1.165) is 16.8 Å². The molecule has 1 aromatic rings. The SMILES string of the molecule is Cc1ccc2c(c1)C=C[C@@H]1[C@@H]3C(=O)NC(=O)[C@@H]3[C@H](C(=O)C(C)(C)C)N21. The fourth-order valence-corrected chi connectivity index (χ4v) is 4.35. The Hall–Kier alpha value is -2.43. The standard InChI is InChI=1S/C20H22N2O3/c1-10-5-7-12-11(9-10)6-8-13-14-15(19(25)21-18(14)24)16(22(12)13)17(23)20(2,3)4/h5-9,13-16H,1-4H3,(H,21,24,25)/t13-,14+,15+,16-/m1/s1. The number of nitrogens with zero attached hydrogens (tertiary/aromatic N) is 1. The molecular formula is C20H22N2O3. The number of Topliss-reactive ketones (excluding diaryl/α,β-unsaturated/α-hetero) is 1. The molecular weight excluding hydrogens is 316 g/mol. The van der Waals surface area contributed by atoms with Crippen LogP contribution in [-0.2, 0) is 14.4 Å². The van der Waals surface area contributed by atoms with Crippen molar-refractivity contribution >= 4 is 29.4 Å². The van der Waals surface area contributed by atoms with Crippen LogP contribution in [0.3, 0.4) is 0 Å². The average Bonchev–Trinajstić information content (AvgIpc) is 3.01. The Kier molecular flexibility index (Phi) is 3.24. The van der Waals surface area contributed by atoms with Crippen LogP contribution < -0.4 is 10.2 Å². The third-order valence-electron chi connectivity index (χ3n) is 5.51. The normalized spacial score (nSPS) is 30.0. The minimum absolute atomic E-state index is 0.00308. The topological polar surface area (TPSA) is 66.5 Å². The molecule has 2 amide bonds. The van der Waals surface area contributed by atoms with Crippen molar-refractivity contribution in [3.8, 4) is 0 Å². The number of benzene rings is 1. The first-order valence-corrected chi connectivity index (χ1v) is 8.66. The molecule has 3 aliphatic rings. The van der Waals surface area contributed by atoms with E-state index in [4.69, 9.17) is 0 Å². The van der Waals surface area contributed by atoms with E-state index in [1.807, 2.05) is 56.9 Å². The van der Waals surface area contributed by atoms with Crippen LogP contribution in [0, 0.1) is 24.2 Å². The Labute approximate surface area is 147 Å². The lowest BCUT2D eigenvalue weighted by Crippen LogP contribution is -2.50. The molecule has 0 aliphatic carbocycles. The van der Waals surface area contributed by atoms with Crippen LogP contribution in [0.1, 0.15) is 31.9 Å². The van der Waals surface area contributed by atoms with Gasteiger partial charge in [-0.25, -0.2) is 0 Å². The van der Waals surface area contributed by atoms with E-state index in [2.05, 4.69) is 11.4 Å².